The Morgan fingerprint density at radius 2 is 1.40 bits per heavy atom. The van der Waals surface area contributed by atoms with E-state index in [1.54, 1.807) is 0 Å². The van der Waals surface area contributed by atoms with Crippen molar-refractivity contribution in [2.45, 2.75) is 61.4 Å². The van der Waals surface area contributed by atoms with Crippen LogP contribution >= 0.6 is 0 Å². The molecule has 0 saturated carbocycles. The third-order valence-corrected chi connectivity index (χ3v) is 4.14. The monoisotopic (exact) mass is 370 g/mol. The zero-order valence-corrected chi connectivity index (χ0v) is 13.2. The standard InChI is InChI=1S/C13H22O12/c1-22-12-8(18)5(15)4(14)3(24-12)2-23-13-9(19)6(16)7(17)10(25-13)11(20)21/h3-10,12-19H,2H2,1H3,(H,20,21)/t3-,4-,5+,6+,7+,8-,9-,10+,12-,13-/m1/s1. The van der Waals surface area contributed by atoms with Gasteiger partial charge in [-0.1, -0.05) is 0 Å². The average molecular weight is 370 g/mol. The molecule has 0 aliphatic carbocycles. The molecule has 146 valence electrons. The van der Waals surface area contributed by atoms with Crippen LogP contribution in [0.4, 0.5) is 0 Å². The van der Waals surface area contributed by atoms with Crippen LogP contribution in [0.25, 0.3) is 0 Å². The second-order valence-electron chi connectivity index (χ2n) is 5.82. The van der Waals surface area contributed by atoms with Crippen molar-refractivity contribution in [2.75, 3.05) is 13.7 Å². The molecule has 2 aliphatic rings. The van der Waals surface area contributed by atoms with Crippen LogP contribution in [0.2, 0.25) is 0 Å². The third kappa shape index (κ3) is 4.09. The van der Waals surface area contributed by atoms with Gasteiger partial charge in [0.05, 0.1) is 6.61 Å². The fraction of sp³-hybridized carbons (Fsp3) is 0.923. The average Bonchev–Trinajstić information content (AvgIpc) is 2.58. The number of aliphatic hydroxyl groups is 6. The minimum atomic E-state index is -1.86. The van der Waals surface area contributed by atoms with E-state index in [9.17, 15) is 35.4 Å². The van der Waals surface area contributed by atoms with Gasteiger partial charge in [0.2, 0.25) is 0 Å². The number of hydrogen-bond acceptors (Lipinski definition) is 11. The van der Waals surface area contributed by atoms with Crippen molar-refractivity contribution in [1.29, 1.82) is 0 Å². The number of rotatable bonds is 5. The van der Waals surface area contributed by atoms with Gasteiger partial charge in [-0.2, -0.15) is 0 Å². The predicted octanol–water partition coefficient (Wildman–Crippen LogP) is -4.65. The fourth-order valence-electron chi connectivity index (χ4n) is 2.63. The molecule has 2 aliphatic heterocycles. The SMILES string of the molecule is CO[C@@H]1O[C@H](CO[C@@H]2O[C@H](C(=O)O)[C@@H](O)[C@H](O)[C@H]2O)[C@@H](O)[C@H](O)[C@H]1O. The van der Waals surface area contributed by atoms with Crippen LogP contribution in [0.5, 0.6) is 0 Å². The molecule has 0 aromatic rings. The predicted molar refractivity (Wildman–Crippen MR) is 74.0 cm³/mol. The van der Waals surface area contributed by atoms with E-state index in [1.807, 2.05) is 0 Å². The highest BCUT2D eigenvalue weighted by Gasteiger charge is 2.49. The second-order valence-corrected chi connectivity index (χ2v) is 5.82. The zero-order valence-electron chi connectivity index (χ0n) is 13.2. The number of carbonyl (C=O) groups is 1. The maximum absolute atomic E-state index is 11.0. The molecule has 12 heteroatoms. The van der Waals surface area contributed by atoms with Gasteiger partial charge in [-0.25, -0.2) is 4.79 Å². The molecule has 12 nitrogen and oxygen atoms in total. The second kappa shape index (κ2) is 8.18. The van der Waals surface area contributed by atoms with E-state index in [-0.39, 0.29) is 0 Å². The van der Waals surface area contributed by atoms with E-state index < -0.39 is 74.0 Å². The highest BCUT2D eigenvalue weighted by molar-refractivity contribution is 5.73. The number of carboxylic acids is 1. The van der Waals surface area contributed by atoms with Crippen LogP contribution in [-0.2, 0) is 23.7 Å². The molecule has 7 N–H and O–H groups in total. The minimum Gasteiger partial charge on any atom is -0.479 e. The molecule has 2 fully saturated rings. The van der Waals surface area contributed by atoms with E-state index in [0.717, 1.165) is 0 Å². The summed E-state index contributed by atoms with van der Waals surface area (Å²) in [7, 11) is 1.21. The molecule has 0 bridgehead atoms. The van der Waals surface area contributed by atoms with Crippen molar-refractivity contribution in [1.82, 2.24) is 0 Å². The van der Waals surface area contributed by atoms with Gasteiger partial charge < -0.3 is 54.7 Å². The number of ether oxygens (including phenoxy) is 4. The van der Waals surface area contributed by atoms with E-state index in [2.05, 4.69) is 0 Å². The summed E-state index contributed by atoms with van der Waals surface area (Å²) < 4.78 is 20.1. The Kier molecular flexibility index (Phi) is 6.67. The third-order valence-electron chi connectivity index (χ3n) is 4.14. The molecule has 0 aromatic carbocycles. The molecule has 2 rings (SSSR count). The molecular weight excluding hydrogens is 348 g/mol. The van der Waals surface area contributed by atoms with Crippen LogP contribution in [0.1, 0.15) is 0 Å². The first-order chi connectivity index (χ1) is 11.7. The molecule has 0 radical (unpaired) electrons. The Hall–Kier alpha value is -0.930. The molecule has 0 amide bonds. The molecule has 25 heavy (non-hydrogen) atoms. The number of hydrogen-bond donors (Lipinski definition) is 7. The first kappa shape index (κ1) is 20.4. The van der Waals surface area contributed by atoms with Crippen LogP contribution in [0.3, 0.4) is 0 Å². The van der Waals surface area contributed by atoms with Crippen molar-refractivity contribution in [3.63, 3.8) is 0 Å². The smallest absolute Gasteiger partial charge is 0.335 e. The Morgan fingerprint density at radius 1 is 0.840 bits per heavy atom. The molecule has 0 unspecified atom stereocenters. The largest absolute Gasteiger partial charge is 0.479 e. The summed E-state index contributed by atoms with van der Waals surface area (Å²) in [6, 6.07) is 0. The maximum Gasteiger partial charge on any atom is 0.335 e. The van der Waals surface area contributed by atoms with Gasteiger partial charge in [0, 0.05) is 7.11 Å². The first-order valence-corrected chi connectivity index (χ1v) is 7.45. The minimum absolute atomic E-state index is 0.498. The highest BCUT2D eigenvalue weighted by atomic mass is 16.7. The summed E-state index contributed by atoms with van der Waals surface area (Å²) >= 11 is 0. The molecular formula is C13H22O12. The number of carboxylic acid groups (broad SMARTS) is 1. The van der Waals surface area contributed by atoms with Gasteiger partial charge in [-0.05, 0) is 0 Å². The maximum atomic E-state index is 11.0. The summed E-state index contributed by atoms with van der Waals surface area (Å²) in [5.41, 5.74) is 0. The molecule has 2 heterocycles. The van der Waals surface area contributed by atoms with Crippen LogP contribution in [0.15, 0.2) is 0 Å². The van der Waals surface area contributed by atoms with E-state index >= 15 is 0 Å². The highest BCUT2D eigenvalue weighted by Crippen LogP contribution is 2.25. The topological polar surface area (TPSA) is 196 Å². The quantitative estimate of drug-likeness (QED) is 0.245. The number of methoxy groups -OCH3 is 1. The Balaban J connectivity index is 2.00. The first-order valence-electron chi connectivity index (χ1n) is 7.45. The molecule has 2 saturated heterocycles. The van der Waals surface area contributed by atoms with Gasteiger partial charge in [0.1, 0.15) is 42.7 Å². The van der Waals surface area contributed by atoms with Gasteiger partial charge in [-0.15, -0.1) is 0 Å². The summed E-state index contributed by atoms with van der Waals surface area (Å²) in [6.07, 6.45) is -16.0. The lowest BCUT2D eigenvalue weighted by Crippen LogP contribution is -2.62. The van der Waals surface area contributed by atoms with E-state index in [0.29, 0.717) is 0 Å². The molecule has 10 atom stereocenters. The summed E-state index contributed by atoms with van der Waals surface area (Å²) in [4.78, 5) is 11.0. The van der Waals surface area contributed by atoms with Crippen molar-refractivity contribution in [3.8, 4) is 0 Å². The lowest BCUT2D eigenvalue weighted by molar-refractivity contribution is -0.324. The van der Waals surface area contributed by atoms with Gasteiger partial charge >= 0.3 is 5.97 Å². The van der Waals surface area contributed by atoms with Crippen molar-refractivity contribution in [3.05, 3.63) is 0 Å². The zero-order chi connectivity index (χ0) is 18.9. The Morgan fingerprint density at radius 3 is 1.96 bits per heavy atom. The van der Waals surface area contributed by atoms with Gasteiger partial charge in [-0.3, -0.25) is 0 Å². The summed E-state index contributed by atoms with van der Waals surface area (Å²) in [6.45, 7) is -0.498. The van der Waals surface area contributed by atoms with E-state index in [4.69, 9.17) is 24.1 Å². The number of aliphatic hydroxyl groups excluding tert-OH is 6. The van der Waals surface area contributed by atoms with Crippen molar-refractivity contribution < 1.29 is 59.5 Å². The summed E-state index contributed by atoms with van der Waals surface area (Å²) in [5.74, 6) is -1.57. The van der Waals surface area contributed by atoms with Crippen LogP contribution in [0, 0.1) is 0 Å². The summed E-state index contributed by atoms with van der Waals surface area (Å²) in [5, 5.41) is 67.3. The Labute approximate surface area is 141 Å². The molecule has 0 spiro atoms. The van der Waals surface area contributed by atoms with Crippen LogP contribution < -0.4 is 0 Å². The lowest BCUT2D eigenvalue weighted by atomic mass is 9.98. The van der Waals surface area contributed by atoms with Crippen molar-refractivity contribution >= 4 is 5.97 Å². The Bertz CT molecular complexity index is 458. The molecule has 0 aromatic heterocycles. The van der Waals surface area contributed by atoms with E-state index in [1.165, 1.54) is 7.11 Å². The van der Waals surface area contributed by atoms with Gasteiger partial charge in [0.25, 0.3) is 0 Å². The van der Waals surface area contributed by atoms with Crippen molar-refractivity contribution in [2.24, 2.45) is 0 Å². The lowest BCUT2D eigenvalue weighted by Gasteiger charge is -2.42. The fourth-order valence-corrected chi connectivity index (χ4v) is 2.63. The normalized spacial score (nSPS) is 48.3. The van der Waals surface area contributed by atoms with Crippen LogP contribution in [-0.4, -0.2) is 117 Å². The number of aliphatic carboxylic acids is 1. The van der Waals surface area contributed by atoms with Gasteiger partial charge in [0.15, 0.2) is 18.7 Å².